The zero-order valence-electron chi connectivity index (χ0n) is 14.1. The molecule has 0 unspecified atom stereocenters. The maximum absolute atomic E-state index is 2.34. The van der Waals surface area contributed by atoms with Gasteiger partial charge in [0.25, 0.3) is 0 Å². The second-order valence-electron chi connectivity index (χ2n) is 5.43. The quantitative estimate of drug-likeness (QED) is 0.373. The largest absolute Gasteiger partial charge is 0.412 e. The van der Waals surface area contributed by atoms with Crippen molar-refractivity contribution in [1.29, 1.82) is 0 Å². The van der Waals surface area contributed by atoms with Crippen molar-refractivity contribution in [2.24, 2.45) is 0 Å². The van der Waals surface area contributed by atoms with Crippen LogP contribution in [-0.2, 0) is 0 Å². The smallest absolute Gasteiger partial charge is 0.412 e. The Bertz CT molecular complexity index is 111. The molecule has 0 bridgehead atoms. The first-order valence-electron chi connectivity index (χ1n) is 8.46. The van der Waals surface area contributed by atoms with Crippen LogP contribution in [-0.4, -0.2) is 47.8 Å². The van der Waals surface area contributed by atoms with Gasteiger partial charge < -0.3 is 5.48 Å². The fourth-order valence-corrected chi connectivity index (χ4v) is 14.2. The summed E-state index contributed by atoms with van der Waals surface area (Å²) in [5.74, 6) is 0. The van der Waals surface area contributed by atoms with E-state index in [1.54, 1.807) is 13.3 Å². The predicted octanol–water partition coefficient (Wildman–Crippen LogP) is 4.89. The van der Waals surface area contributed by atoms with Gasteiger partial charge in [-0.15, -0.1) is 0 Å². The summed E-state index contributed by atoms with van der Waals surface area (Å²) in [5, 5.41) is 0. The van der Waals surface area contributed by atoms with Crippen LogP contribution in [0.5, 0.6) is 0 Å². The van der Waals surface area contributed by atoms with Gasteiger partial charge in [0.2, 0.25) is 0 Å². The molecule has 0 aliphatic heterocycles. The Balaban J connectivity index is -0.000000366. The van der Waals surface area contributed by atoms with Crippen molar-refractivity contribution in [3.63, 3.8) is 0 Å². The minimum atomic E-state index is -0.967. The van der Waals surface area contributed by atoms with Gasteiger partial charge in [-0.2, -0.15) is 0 Å². The van der Waals surface area contributed by atoms with Gasteiger partial charge >= 0.3 is 139 Å². The van der Waals surface area contributed by atoms with Crippen molar-refractivity contribution in [3.8, 4) is 0 Å². The molecule has 0 aromatic carbocycles. The molecule has 2 radical (unpaired) electrons. The minimum absolute atomic E-state index is 0. The first kappa shape index (κ1) is 25.5. The van der Waals surface area contributed by atoms with Crippen molar-refractivity contribution in [2.45, 2.75) is 96.8 Å². The van der Waals surface area contributed by atoms with Gasteiger partial charge in [-0.3, -0.25) is 0 Å². The fourth-order valence-electron chi connectivity index (χ4n) is 2.12. The Morgan fingerprint density at radius 3 is 1.11 bits per heavy atom. The van der Waals surface area contributed by atoms with Crippen molar-refractivity contribution in [2.75, 3.05) is 0 Å². The van der Waals surface area contributed by atoms with Crippen molar-refractivity contribution < 1.29 is 5.48 Å². The molecule has 0 aromatic heterocycles. The van der Waals surface area contributed by atoms with E-state index in [9.17, 15) is 0 Å². The molecule has 0 heterocycles. The average Bonchev–Trinajstić information content (AvgIpc) is 2.39. The van der Waals surface area contributed by atoms with Crippen LogP contribution in [0, 0.1) is 0 Å². The fraction of sp³-hybridized carbons (Fsp3) is 1.00. The second-order valence-corrected chi connectivity index (χ2v) is 17.0. The topological polar surface area (TPSA) is 31.5 Å². The molecule has 0 amide bonds. The Morgan fingerprint density at radius 2 is 0.947 bits per heavy atom. The van der Waals surface area contributed by atoms with E-state index >= 15 is 0 Å². The molecule has 2 N–H and O–H groups in total. The van der Waals surface area contributed by atoms with Crippen molar-refractivity contribution in [3.05, 3.63) is 0 Å². The maximum atomic E-state index is 2.34. The third kappa shape index (κ3) is 24.9. The van der Waals surface area contributed by atoms with Crippen LogP contribution in [0.1, 0.15) is 79.1 Å². The van der Waals surface area contributed by atoms with E-state index < -0.39 is 19.8 Å². The Kier molecular flexibility index (Phi) is 33.0. The molecule has 0 aliphatic carbocycles. The molecule has 0 aliphatic rings. The molecular formula is C16H40OSn2. The third-order valence-electron chi connectivity index (χ3n) is 3.46. The Labute approximate surface area is 143 Å². The van der Waals surface area contributed by atoms with Crippen LogP contribution >= 0.6 is 0 Å². The molecular weight excluding hydrogens is 446 g/mol. The molecule has 3 heteroatoms. The first-order valence-corrected chi connectivity index (χ1v) is 17.8. The zero-order valence-corrected chi connectivity index (χ0v) is 20.7. The average molecular weight is 486 g/mol. The van der Waals surface area contributed by atoms with Crippen LogP contribution in [0.15, 0.2) is 0 Å². The summed E-state index contributed by atoms with van der Waals surface area (Å²) in [6, 6.07) is 0. The van der Waals surface area contributed by atoms with Gasteiger partial charge in [0.15, 0.2) is 0 Å². The summed E-state index contributed by atoms with van der Waals surface area (Å²) in [4.78, 5) is 0. The summed E-state index contributed by atoms with van der Waals surface area (Å²) in [6.45, 7) is 9.24. The summed E-state index contributed by atoms with van der Waals surface area (Å²) in [7, 11) is 0. The van der Waals surface area contributed by atoms with E-state index in [0.717, 1.165) is 0 Å². The summed E-state index contributed by atoms with van der Waals surface area (Å²) in [6.07, 6.45) is 11.7. The van der Waals surface area contributed by atoms with E-state index in [4.69, 9.17) is 0 Å². The van der Waals surface area contributed by atoms with Crippen LogP contribution in [0.4, 0.5) is 0 Å². The minimum Gasteiger partial charge on any atom is -0.412 e. The van der Waals surface area contributed by atoms with E-state index in [-0.39, 0.29) is 5.48 Å². The van der Waals surface area contributed by atoms with Crippen LogP contribution in [0.3, 0.4) is 0 Å². The summed E-state index contributed by atoms with van der Waals surface area (Å²) >= 11 is 0.484. The monoisotopic (exact) mass is 488 g/mol. The summed E-state index contributed by atoms with van der Waals surface area (Å²) < 4.78 is 6.55. The molecule has 19 heavy (non-hydrogen) atoms. The second kappa shape index (κ2) is 24.6. The first-order chi connectivity index (χ1) is 8.76. The van der Waals surface area contributed by atoms with E-state index in [0.29, 0.717) is 0 Å². The number of unbranched alkanes of at least 4 members (excludes halogenated alkanes) is 4. The Morgan fingerprint density at radius 1 is 0.632 bits per heavy atom. The number of hydrogen-bond donors (Lipinski definition) is 0. The van der Waals surface area contributed by atoms with Crippen LogP contribution in [0.25, 0.3) is 0 Å². The van der Waals surface area contributed by atoms with Gasteiger partial charge in [0, 0.05) is 0 Å². The van der Waals surface area contributed by atoms with Crippen molar-refractivity contribution >= 4 is 42.3 Å². The van der Waals surface area contributed by atoms with Gasteiger partial charge in [-0.25, -0.2) is 0 Å². The van der Waals surface area contributed by atoms with E-state index in [1.807, 2.05) is 0 Å². The van der Waals surface area contributed by atoms with Gasteiger partial charge in [0.1, 0.15) is 0 Å². The molecule has 0 atom stereocenters. The van der Waals surface area contributed by atoms with Gasteiger partial charge in [-0.05, 0) is 0 Å². The van der Waals surface area contributed by atoms with Crippen LogP contribution in [0.2, 0.25) is 17.7 Å². The molecule has 0 saturated heterocycles. The molecule has 1 nitrogen and oxygen atoms in total. The van der Waals surface area contributed by atoms with Crippen molar-refractivity contribution in [1.82, 2.24) is 0 Å². The molecule has 0 saturated carbocycles. The van der Waals surface area contributed by atoms with E-state index in [2.05, 4.69) is 27.7 Å². The number of hydrogen-bond acceptors (Lipinski definition) is 0. The molecule has 0 aromatic rings. The Hall–Kier alpha value is 1.56. The standard InChI is InChI=1S/4C4H9.H2O.2Sn.2H/c4*1-3-4-2;;;;;/h4*1,3-4H2,2H3;1H2;;;;. The number of rotatable bonds is 11. The van der Waals surface area contributed by atoms with Gasteiger partial charge in [-0.1, -0.05) is 0 Å². The zero-order chi connectivity index (χ0) is 14.1. The molecule has 0 fully saturated rings. The third-order valence-corrected chi connectivity index (χ3v) is 15.1. The SMILES string of the molecule is CCC[CH2][SnH].CCC[CH2][SnH]([CH2]CCC)[CH2]CCC.O. The van der Waals surface area contributed by atoms with Crippen LogP contribution < -0.4 is 0 Å². The molecule has 118 valence electrons. The van der Waals surface area contributed by atoms with Gasteiger partial charge in [0.05, 0.1) is 0 Å². The molecule has 0 spiro atoms. The molecule has 0 rings (SSSR count). The summed E-state index contributed by atoms with van der Waals surface area (Å²) in [5.41, 5.74) is 0. The van der Waals surface area contributed by atoms with E-state index in [1.165, 1.54) is 78.3 Å². The maximum Gasteiger partial charge on any atom is -0.412 e. The predicted molar refractivity (Wildman–Crippen MR) is 96.8 cm³/mol. The normalized spacial score (nSPS) is 9.79.